The van der Waals surface area contributed by atoms with Crippen molar-refractivity contribution in [1.29, 1.82) is 0 Å². The van der Waals surface area contributed by atoms with Gasteiger partial charge in [-0.25, -0.2) is 9.37 Å². The summed E-state index contributed by atoms with van der Waals surface area (Å²) < 4.78 is 14.0. The van der Waals surface area contributed by atoms with E-state index in [4.69, 9.17) is 0 Å². The highest BCUT2D eigenvalue weighted by Crippen LogP contribution is 2.40. The van der Waals surface area contributed by atoms with Gasteiger partial charge in [-0.15, -0.1) is 0 Å². The number of aryl methyl sites for hydroxylation is 1. The predicted octanol–water partition coefficient (Wildman–Crippen LogP) is 2.51. The van der Waals surface area contributed by atoms with Crippen molar-refractivity contribution in [2.45, 2.75) is 32.7 Å². The highest BCUT2D eigenvalue weighted by atomic mass is 19.1. The van der Waals surface area contributed by atoms with E-state index in [2.05, 4.69) is 9.97 Å². The molecule has 6 nitrogen and oxygen atoms in total. The molecule has 0 bridgehead atoms. The van der Waals surface area contributed by atoms with Crippen molar-refractivity contribution in [2.75, 3.05) is 19.6 Å². The first-order valence-electron chi connectivity index (χ1n) is 9.32. The van der Waals surface area contributed by atoms with E-state index >= 15 is 0 Å². The molecule has 1 aromatic heterocycles. The molecule has 1 atom stereocenters. The zero-order valence-corrected chi connectivity index (χ0v) is 15.4. The van der Waals surface area contributed by atoms with E-state index in [0.717, 1.165) is 18.5 Å². The van der Waals surface area contributed by atoms with Crippen LogP contribution in [-0.2, 0) is 11.3 Å². The molecule has 2 aliphatic rings. The van der Waals surface area contributed by atoms with Crippen LogP contribution in [0, 0.1) is 18.2 Å². The highest BCUT2D eigenvalue weighted by molar-refractivity contribution is 5.92. The highest BCUT2D eigenvalue weighted by Gasteiger charge is 2.49. The van der Waals surface area contributed by atoms with Crippen molar-refractivity contribution in [3.8, 4) is 0 Å². The van der Waals surface area contributed by atoms with Crippen LogP contribution in [0.3, 0.4) is 0 Å². The number of aromatic nitrogens is 2. The number of piperidine rings is 1. The first kappa shape index (κ1) is 17.7. The van der Waals surface area contributed by atoms with Gasteiger partial charge in [-0.05, 0) is 32.3 Å². The van der Waals surface area contributed by atoms with Gasteiger partial charge in [0.1, 0.15) is 5.82 Å². The second-order valence-corrected chi connectivity index (χ2v) is 7.59. The van der Waals surface area contributed by atoms with E-state index in [1.165, 1.54) is 6.07 Å². The quantitative estimate of drug-likeness (QED) is 0.903. The standard InChI is InChI=1S/C20H23FN4O2/c1-14-11-22-17(23-14)18(26)25-10-8-20(13-25)7-4-9-24(19(20)27)12-15-5-2-3-6-16(15)21/h2-3,5-6,11H,4,7-10,12-13H2,1H3,(H,22,23)/t20-/m0/s1. The summed E-state index contributed by atoms with van der Waals surface area (Å²) >= 11 is 0. The minimum absolute atomic E-state index is 0.0305. The summed E-state index contributed by atoms with van der Waals surface area (Å²) in [5, 5.41) is 0. The number of H-pyrrole nitrogens is 1. The van der Waals surface area contributed by atoms with Crippen molar-refractivity contribution in [2.24, 2.45) is 5.41 Å². The number of amides is 2. The first-order valence-corrected chi connectivity index (χ1v) is 9.32. The molecule has 142 valence electrons. The number of hydrogen-bond donors (Lipinski definition) is 1. The molecular formula is C20H23FN4O2. The summed E-state index contributed by atoms with van der Waals surface area (Å²) in [4.78, 5) is 36.4. The molecule has 0 saturated carbocycles. The minimum atomic E-state index is -0.555. The van der Waals surface area contributed by atoms with Crippen LogP contribution in [-0.4, -0.2) is 51.2 Å². The van der Waals surface area contributed by atoms with E-state index in [1.54, 1.807) is 34.2 Å². The van der Waals surface area contributed by atoms with Crippen molar-refractivity contribution >= 4 is 11.8 Å². The zero-order valence-electron chi connectivity index (χ0n) is 15.4. The van der Waals surface area contributed by atoms with E-state index in [9.17, 15) is 14.0 Å². The topological polar surface area (TPSA) is 69.3 Å². The number of benzene rings is 1. The van der Waals surface area contributed by atoms with Crippen molar-refractivity contribution < 1.29 is 14.0 Å². The maximum atomic E-state index is 14.0. The third-order valence-corrected chi connectivity index (χ3v) is 5.69. The van der Waals surface area contributed by atoms with Crippen LogP contribution < -0.4 is 0 Å². The van der Waals surface area contributed by atoms with Gasteiger partial charge in [0.25, 0.3) is 5.91 Å². The number of nitrogens with zero attached hydrogens (tertiary/aromatic N) is 3. The number of imidazole rings is 1. The third kappa shape index (κ3) is 3.22. The molecule has 2 saturated heterocycles. The Labute approximate surface area is 157 Å². The zero-order chi connectivity index (χ0) is 19.0. The largest absolute Gasteiger partial charge is 0.338 e. The average Bonchev–Trinajstić information content (AvgIpc) is 3.28. The molecule has 0 aliphatic carbocycles. The molecule has 27 heavy (non-hydrogen) atoms. The second kappa shape index (κ2) is 6.79. The summed E-state index contributed by atoms with van der Waals surface area (Å²) in [5.41, 5.74) is 0.804. The Morgan fingerprint density at radius 1 is 1.30 bits per heavy atom. The van der Waals surface area contributed by atoms with Gasteiger partial charge in [0.05, 0.1) is 5.41 Å². The molecule has 4 rings (SSSR count). The van der Waals surface area contributed by atoms with Crippen LogP contribution in [0.1, 0.15) is 41.1 Å². The van der Waals surface area contributed by atoms with Gasteiger partial charge in [0, 0.05) is 43.6 Å². The number of carbonyl (C=O) groups excluding carboxylic acids is 2. The average molecular weight is 370 g/mol. The van der Waals surface area contributed by atoms with Gasteiger partial charge in [0.15, 0.2) is 5.82 Å². The number of halogens is 1. The summed E-state index contributed by atoms with van der Waals surface area (Å²) in [7, 11) is 0. The molecule has 2 amide bonds. The molecule has 0 unspecified atom stereocenters. The van der Waals surface area contributed by atoms with E-state index in [0.29, 0.717) is 37.4 Å². The van der Waals surface area contributed by atoms with Crippen molar-refractivity contribution in [1.82, 2.24) is 19.8 Å². The SMILES string of the molecule is Cc1cnc(C(=O)N2CC[C@@]3(CCCN(Cc4ccccc4F)C3=O)C2)[nH]1. The lowest BCUT2D eigenvalue weighted by atomic mass is 9.78. The lowest BCUT2D eigenvalue weighted by Crippen LogP contribution is -2.50. The number of hydrogen-bond acceptors (Lipinski definition) is 3. The van der Waals surface area contributed by atoms with Gasteiger partial charge in [0.2, 0.25) is 5.91 Å². The Kier molecular flexibility index (Phi) is 4.45. The van der Waals surface area contributed by atoms with Crippen LogP contribution in [0.5, 0.6) is 0 Å². The Morgan fingerprint density at radius 2 is 2.11 bits per heavy atom. The van der Waals surface area contributed by atoms with Gasteiger partial charge in [-0.3, -0.25) is 9.59 Å². The lowest BCUT2D eigenvalue weighted by Gasteiger charge is -2.39. The molecule has 3 heterocycles. The van der Waals surface area contributed by atoms with Gasteiger partial charge in [-0.1, -0.05) is 18.2 Å². The first-order chi connectivity index (χ1) is 13.0. The van der Waals surface area contributed by atoms with Crippen molar-refractivity contribution in [3.63, 3.8) is 0 Å². The predicted molar refractivity (Wildman–Crippen MR) is 97.3 cm³/mol. The summed E-state index contributed by atoms with van der Waals surface area (Å²) in [6, 6.07) is 6.56. The van der Waals surface area contributed by atoms with E-state index in [1.807, 2.05) is 6.92 Å². The van der Waals surface area contributed by atoms with Crippen LogP contribution in [0.15, 0.2) is 30.5 Å². The number of rotatable bonds is 3. The van der Waals surface area contributed by atoms with Gasteiger partial charge in [-0.2, -0.15) is 0 Å². The third-order valence-electron chi connectivity index (χ3n) is 5.69. The number of likely N-dealkylation sites (tertiary alicyclic amines) is 2. The smallest absolute Gasteiger partial charge is 0.289 e. The van der Waals surface area contributed by atoms with Gasteiger partial charge >= 0.3 is 0 Å². The van der Waals surface area contributed by atoms with Crippen LogP contribution >= 0.6 is 0 Å². The summed E-state index contributed by atoms with van der Waals surface area (Å²) in [5.74, 6) is -0.112. The monoisotopic (exact) mass is 370 g/mol. The fourth-order valence-corrected chi connectivity index (χ4v) is 4.23. The molecule has 2 aliphatic heterocycles. The lowest BCUT2D eigenvalue weighted by molar-refractivity contribution is -0.146. The molecule has 2 aromatic rings. The van der Waals surface area contributed by atoms with E-state index < -0.39 is 5.41 Å². The maximum Gasteiger partial charge on any atom is 0.289 e. The van der Waals surface area contributed by atoms with Crippen LogP contribution in [0.25, 0.3) is 0 Å². The maximum absolute atomic E-state index is 14.0. The fraction of sp³-hybridized carbons (Fsp3) is 0.450. The normalized spacial score (nSPS) is 22.7. The molecule has 7 heteroatoms. The molecule has 0 radical (unpaired) electrons. The molecule has 2 fully saturated rings. The van der Waals surface area contributed by atoms with Crippen molar-refractivity contribution in [3.05, 3.63) is 53.4 Å². The fourth-order valence-electron chi connectivity index (χ4n) is 4.23. The number of aromatic amines is 1. The Balaban J connectivity index is 1.49. The Bertz CT molecular complexity index is 880. The van der Waals surface area contributed by atoms with Gasteiger partial charge < -0.3 is 14.8 Å². The van der Waals surface area contributed by atoms with Crippen LogP contribution in [0.2, 0.25) is 0 Å². The Hall–Kier alpha value is -2.70. The summed E-state index contributed by atoms with van der Waals surface area (Å²) in [6.45, 7) is 3.69. The van der Waals surface area contributed by atoms with Crippen LogP contribution in [0.4, 0.5) is 4.39 Å². The van der Waals surface area contributed by atoms with E-state index in [-0.39, 0.29) is 24.2 Å². The minimum Gasteiger partial charge on any atom is -0.338 e. The number of carbonyl (C=O) groups is 2. The Morgan fingerprint density at radius 3 is 2.85 bits per heavy atom. The number of nitrogens with one attached hydrogen (secondary N) is 1. The molecule has 1 aromatic carbocycles. The molecule has 1 N–H and O–H groups in total. The molecular weight excluding hydrogens is 347 g/mol. The summed E-state index contributed by atoms with van der Waals surface area (Å²) in [6.07, 6.45) is 3.90. The second-order valence-electron chi connectivity index (χ2n) is 7.59. The molecule has 1 spiro atoms.